The van der Waals surface area contributed by atoms with Crippen molar-refractivity contribution >= 4 is 45.5 Å². The maximum Gasteiger partial charge on any atom is 0.350 e. The van der Waals surface area contributed by atoms with E-state index in [1.165, 1.54) is 21.3 Å². The molecule has 0 spiro atoms. The van der Waals surface area contributed by atoms with Gasteiger partial charge in [-0.2, -0.15) is 0 Å². The largest absolute Gasteiger partial charge is 0.505 e. The summed E-state index contributed by atoms with van der Waals surface area (Å²) in [6.45, 7) is 7.08. The summed E-state index contributed by atoms with van der Waals surface area (Å²) in [6, 6.07) is 5.71. The van der Waals surface area contributed by atoms with E-state index < -0.39 is 29.5 Å². The quantitative estimate of drug-likeness (QED) is 0.131. The lowest BCUT2D eigenvalue weighted by Gasteiger charge is -2.24. The third-order valence-electron chi connectivity index (χ3n) is 7.21. The maximum absolute atomic E-state index is 13.8. The minimum Gasteiger partial charge on any atom is -0.505 e. The number of hydrogen-bond donors (Lipinski definition) is 1. The zero-order valence-corrected chi connectivity index (χ0v) is 25.5. The topological polar surface area (TPSA) is 142 Å². The molecule has 0 bridgehead atoms. The Kier molecular flexibility index (Phi) is 7.84. The van der Waals surface area contributed by atoms with E-state index in [1.807, 2.05) is 19.1 Å². The molecule has 1 N–H and O–H groups in total. The number of pyridine rings is 1. The van der Waals surface area contributed by atoms with Gasteiger partial charge in [-0.25, -0.2) is 14.8 Å². The van der Waals surface area contributed by atoms with Gasteiger partial charge in [-0.15, -0.1) is 0 Å². The monoisotopic (exact) mass is 606 g/mol. The predicted molar refractivity (Wildman–Crippen MR) is 158 cm³/mol. The molecule has 43 heavy (non-hydrogen) atoms. The van der Waals surface area contributed by atoms with Crippen LogP contribution in [0.5, 0.6) is 17.2 Å². The average molecular weight is 607 g/mol. The van der Waals surface area contributed by atoms with Crippen LogP contribution >= 0.6 is 11.3 Å². The van der Waals surface area contributed by atoms with Gasteiger partial charge in [0.2, 0.25) is 5.75 Å². The Morgan fingerprint density at radius 1 is 1.05 bits per heavy atom. The number of carbonyl (C=O) groups excluding carboxylic acids is 3. The van der Waals surface area contributed by atoms with Crippen LogP contribution in [-0.4, -0.2) is 65.1 Å². The molecule has 1 amide bonds. The molecule has 0 radical (unpaired) electrons. The third-order valence-corrected chi connectivity index (χ3v) is 8.34. The lowest BCUT2D eigenvalue weighted by molar-refractivity contribution is -0.132. The SMILES string of the molecule is CCOC(=O)c1sc(N2C(=O)C(=O)/C(=C(/O)c3nc4c(C)cccn4c3C)C2c2cc(OC)c(OC)c(OC)c2)nc1C. The summed E-state index contributed by atoms with van der Waals surface area (Å²) in [5.74, 6) is -2.11. The van der Waals surface area contributed by atoms with Crippen LogP contribution in [0.25, 0.3) is 11.4 Å². The fourth-order valence-electron chi connectivity index (χ4n) is 5.15. The fraction of sp³-hybridized carbons (Fsp3) is 0.300. The second kappa shape index (κ2) is 11.4. The number of aryl methyl sites for hydroxylation is 3. The molecule has 4 aromatic rings. The molecule has 12 nitrogen and oxygen atoms in total. The highest BCUT2D eigenvalue weighted by atomic mass is 32.1. The van der Waals surface area contributed by atoms with Crippen LogP contribution in [0.1, 0.15) is 50.8 Å². The standard InChI is InChI=1S/C30H30N4O8S/c1-8-42-29(38)26-15(3)31-30(43-26)34-22(17-12-18(39-5)25(41-7)19(13-17)40-6)20(24(36)28(34)37)23(35)21-16(4)33-11-9-10-14(2)27(33)32-21/h9-13,22,35H,8H2,1-7H3/b23-20+. The summed E-state index contributed by atoms with van der Waals surface area (Å²) in [5.41, 5.74) is 2.64. The number of amides is 1. The predicted octanol–water partition coefficient (Wildman–Crippen LogP) is 4.54. The number of imidazole rings is 1. The Balaban J connectivity index is 1.80. The first-order chi connectivity index (χ1) is 20.6. The van der Waals surface area contributed by atoms with Crippen molar-refractivity contribution in [1.82, 2.24) is 14.4 Å². The summed E-state index contributed by atoms with van der Waals surface area (Å²) >= 11 is 0.911. The zero-order chi connectivity index (χ0) is 31.2. The Labute approximate surface area is 251 Å². The Hall–Kier alpha value is -4.91. The summed E-state index contributed by atoms with van der Waals surface area (Å²) in [6.07, 6.45) is 1.80. The summed E-state index contributed by atoms with van der Waals surface area (Å²) in [4.78, 5) is 50.6. The van der Waals surface area contributed by atoms with Crippen molar-refractivity contribution in [2.75, 3.05) is 32.8 Å². The number of nitrogens with zero attached hydrogens (tertiary/aromatic N) is 4. The number of benzene rings is 1. The van der Waals surface area contributed by atoms with Gasteiger partial charge in [-0.3, -0.25) is 14.5 Å². The Bertz CT molecular complexity index is 1800. The van der Waals surface area contributed by atoms with Crippen molar-refractivity contribution in [3.8, 4) is 17.2 Å². The van der Waals surface area contributed by atoms with Crippen LogP contribution in [0.3, 0.4) is 0 Å². The van der Waals surface area contributed by atoms with Crippen LogP contribution in [0.4, 0.5) is 5.13 Å². The third kappa shape index (κ3) is 4.75. The van der Waals surface area contributed by atoms with Crippen molar-refractivity contribution in [3.05, 3.63) is 69.1 Å². The highest BCUT2D eigenvalue weighted by molar-refractivity contribution is 7.17. The number of aromatic nitrogens is 3. The smallest absolute Gasteiger partial charge is 0.350 e. The Morgan fingerprint density at radius 3 is 2.30 bits per heavy atom. The number of anilines is 1. The second-order valence-corrected chi connectivity index (χ2v) is 10.7. The van der Waals surface area contributed by atoms with E-state index >= 15 is 0 Å². The van der Waals surface area contributed by atoms with E-state index in [9.17, 15) is 19.5 Å². The number of Topliss-reactive ketones (excluding diaryl/α,β-unsaturated/α-hetero) is 1. The van der Waals surface area contributed by atoms with Crippen LogP contribution in [-0.2, 0) is 14.3 Å². The zero-order valence-electron chi connectivity index (χ0n) is 24.7. The summed E-state index contributed by atoms with van der Waals surface area (Å²) in [7, 11) is 4.34. The number of rotatable bonds is 8. The molecule has 0 saturated carbocycles. The normalized spacial score (nSPS) is 16.2. The highest BCUT2D eigenvalue weighted by Gasteiger charge is 2.49. The van der Waals surface area contributed by atoms with Crippen molar-refractivity contribution in [2.45, 2.75) is 33.7 Å². The number of aliphatic hydroxyl groups is 1. The van der Waals surface area contributed by atoms with Crippen molar-refractivity contribution in [3.63, 3.8) is 0 Å². The van der Waals surface area contributed by atoms with Crippen molar-refractivity contribution in [2.24, 2.45) is 0 Å². The molecule has 13 heteroatoms. The van der Waals surface area contributed by atoms with Crippen LogP contribution in [0.2, 0.25) is 0 Å². The number of ketones is 1. The van der Waals surface area contributed by atoms with E-state index in [1.54, 1.807) is 43.5 Å². The van der Waals surface area contributed by atoms with Gasteiger partial charge in [0.25, 0.3) is 5.78 Å². The van der Waals surface area contributed by atoms with Gasteiger partial charge >= 0.3 is 11.9 Å². The van der Waals surface area contributed by atoms with Gasteiger partial charge in [0.05, 0.1) is 50.9 Å². The molecule has 4 heterocycles. The van der Waals surface area contributed by atoms with Crippen molar-refractivity contribution < 1.29 is 38.4 Å². The van der Waals surface area contributed by atoms with Crippen LogP contribution in [0.15, 0.2) is 36.0 Å². The molecule has 224 valence electrons. The molecular weight excluding hydrogens is 576 g/mol. The van der Waals surface area contributed by atoms with E-state index in [-0.39, 0.29) is 39.4 Å². The van der Waals surface area contributed by atoms with Gasteiger partial charge < -0.3 is 28.5 Å². The Morgan fingerprint density at radius 2 is 1.72 bits per heavy atom. The lowest BCUT2D eigenvalue weighted by atomic mass is 9.95. The minimum absolute atomic E-state index is 0.0722. The molecule has 5 rings (SSSR count). The van der Waals surface area contributed by atoms with E-state index in [0.717, 1.165) is 21.8 Å². The number of carbonyl (C=O) groups is 3. The molecule has 0 aliphatic carbocycles. The molecule has 1 aromatic carbocycles. The molecule has 1 atom stereocenters. The van der Waals surface area contributed by atoms with E-state index in [0.29, 0.717) is 28.3 Å². The maximum atomic E-state index is 13.8. The van der Waals surface area contributed by atoms with Gasteiger partial charge in [0.15, 0.2) is 22.4 Å². The first-order valence-corrected chi connectivity index (χ1v) is 14.1. The molecule has 1 aliphatic rings. The first kappa shape index (κ1) is 29.6. The van der Waals surface area contributed by atoms with Gasteiger partial charge in [0.1, 0.15) is 16.2 Å². The average Bonchev–Trinajstić information content (AvgIpc) is 3.63. The number of fused-ring (bicyclic) bond motifs is 1. The molecular formula is C30H30N4O8S. The number of esters is 1. The van der Waals surface area contributed by atoms with E-state index in [2.05, 4.69) is 9.97 Å². The van der Waals surface area contributed by atoms with Gasteiger partial charge in [-0.05, 0) is 57.0 Å². The summed E-state index contributed by atoms with van der Waals surface area (Å²) < 4.78 is 23.5. The summed E-state index contributed by atoms with van der Waals surface area (Å²) in [5, 5.41) is 11.8. The van der Waals surface area contributed by atoms with Gasteiger partial charge in [0, 0.05) is 6.20 Å². The number of thiazole rings is 1. The van der Waals surface area contributed by atoms with E-state index in [4.69, 9.17) is 18.9 Å². The molecule has 1 saturated heterocycles. The lowest BCUT2D eigenvalue weighted by Crippen LogP contribution is -2.29. The molecule has 1 unspecified atom stereocenters. The second-order valence-electron chi connectivity index (χ2n) is 9.69. The number of aliphatic hydroxyl groups excluding tert-OH is 1. The number of methoxy groups -OCH3 is 3. The van der Waals surface area contributed by atoms with Crippen molar-refractivity contribution in [1.29, 1.82) is 0 Å². The first-order valence-electron chi connectivity index (χ1n) is 13.3. The number of ether oxygens (including phenoxy) is 4. The highest BCUT2D eigenvalue weighted by Crippen LogP contribution is 2.48. The minimum atomic E-state index is -1.19. The van der Waals surface area contributed by atoms with Crippen LogP contribution < -0.4 is 19.1 Å². The molecule has 1 fully saturated rings. The van der Waals surface area contributed by atoms with Gasteiger partial charge in [-0.1, -0.05) is 17.4 Å². The molecule has 1 aliphatic heterocycles. The molecule has 3 aromatic heterocycles. The number of hydrogen-bond acceptors (Lipinski definition) is 11. The van der Waals surface area contributed by atoms with Crippen LogP contribution in [0, 0.1) is 20.8 Å². The fourth-order valence-corrected chi connectivity index (χ4v) is 6.14.